The molecule has 1 unspecified atom stereocenters. The highest BCUT2D eigenvalue weighted by molar-refractivity contribution is 6.25. The number of hydrogen-bond donors (Lipinski definition) is 2. The lowest BCUT2D eigenvalue weighted by atomic mass is 9.81. The number of aromatic nitrogens is 2. The Morgan fingerprint density at radius 1 is 1.33 bits per heavy atom. The molecule has 0 saturated heterocycles. The van der Waals surface area contributed by atoms with Crippen LogP contribution in [0.3, 0.4) is 0 Å². The van der Waals surface area contributed by atoms with Crippen molar-refractivity contribution in [2.75, 3.05) is 5.32 Å². The molecule has 1 atom stereocenters. The fourth-order valence-electron chi connectivity index (χ4n) is 3.37. The van der Waals surface area contributed by atoms with Gasteiger partial charge in [-0.25, -0.2) is 0 Å². The Kier molecular flexibility index (Phi) is 3.03. The van der Waals surface area contributed by atoms with E-state index in [4.69, 9.17) is 0 Å². The number of hydrogen-bond acceptors (Lipinski definition) is 4. The topological polar surface area (TPSA) is 87.2 Å². The van der Waals surface area contributed by atoms with Crippen LogP contribution in [0.1, 0.15) is 41.9 Å². The molecule has 0 saturated carbocycles. The second kappa shape index (κ2) is 4.99. The fourth-order valence-corrected chi connectivity index (χ4v) is 3.37. The number of amides is 1. The molecule has 2 heterocycles. The van der Waals surface area contributed by atoms with E-state index in [1.807, 2.05) is 31.3 Å². The zero-order valence-electron chi connectivity index (χ0n) is 13.4. The Labute approximate surface area is 138 Å². The molecule has 1 aromatic carbocycles. The summed E-state index contributed by atoms with van der Waals surface area (Å²) in [6.07, 6.45) is 6.31. The highest BCUT2D eigenvalue weighted by Gasteiger charge is 2.40. The van der Waals surface area contributed by atoms with Crippen molar-refractivity contribution in [2.45, 2.75) is 25.7 Å². The Bertz CT molecular complexity index is 938. The zero-order valence-corrected chi connectivity index (χ0v) is 13.4. The first-order valence-corrected chi connectivity index (χ1v) is 7.75. The van der Waals surface area contributed by atoms with Gasteiger partial charge in [-0.2, -0.15) is 5.10 Å². The number of allylic oxidation sites excluding steroid dienone is 1. The van der Waals surface area contributed by atoms with Gasteiger partial charge in [-0.3, -0.25) is 19.7 Å². The minimum atomic E-state index is -0.402. The largest absolute Gasteiger partial charge is 0.326 e. The normalized spacial score (nSPS) is 20.8. The van der Waals surface area contributed by atoms with Gasteiger partial charge in [0.25, 0.3) is 0 Å². The Morgan fingerprint density at radius 2 is 2.17 bits per heavy atom. The minimum Gasteiger partial charge on any atom is -0.326 e. The van der Waals surface area contributed by atoms with Crippen molar-refractivity contribution in [3.05, 3.63) is 47.3 Å². The van der Waals surface area contributed by atoms with Crippen LogP contribution in [0.15, 0.2) is 35.5 Å². The number of anilines is 1. The highest BCUT2D eigenvalue weighted by Crippen LogP contribution is 2.43. The highest BCUT2D eigenvalue weighted by atomic mass is 16.1. The van der Waals surface area contributed by atoms with Crippen molar-refractivity contribution in [3.63, 3.8) is 0 Å². The predicted octanol–water partition coefficient (Wildman–Crippen LogP) is 2.83. The summed E-state index contributed by atoms with van der Waals surface area (Å²) in [5, 5.41) is 10.2. The summed E-state index contributed by atoms with van der Waals surface area (Å²) in [7, 11) is 0. The molecule has 0 fully saturated rings. The number of carbonyl (C=O) groups is 2. The molecule has 0 spiro atoms. The standard InChI is InChI=1S/C18H16N4O2/c1-10(23)20-12-6-3-5-11-13(12)16(24)14-15(11)21-22-17(14)18(2)7-4-8-19-9-18/h3-6,8-9H,7H2,1-2H3,(H,20,23)(H,21,22). The van der Waals surface area contributed by atoms with E-state index >= 15 is 0 Å². The monoisotopic (exact) mass is 320 g/mol. The smallest absolute Gasteiger partial charge is 0.221 e. The molecule has 2 aliphatic rings. The number of rotatable bonds is 2. The number of benzene rings is 1. The molecule has 24 heavy (non-hydrogen) atoms. The van der Waals surface area contributed by atoms with Crippen molar-refractivity contribution >= 4 is 23.6 Å². The van der Waals surface area contributed by atoms with Crippen LogP contribution in [0.2, 0.25) is 0 Å². The average molecular weight is 320 g/mol. The Hall–Kier alpha value is -3.02. The van der Waals surface area contributed by atoms with E-state index in [1.165, 1.54) is 6.92 Å². The van der Waals surface area contributed by atoms with Gasteiger partial charge in [0.05, 0.1) is 22.5 Å². The van der Waals surface area contributed by atoms with Gasteiger partial charge in [-0.15, -0.1) is 0 Å². The summed E-state index contributed by atoms with van der Waals surface area (Å²) in [5.74, 6) is -0.323. The lowest BCUT2D eigenvalue weighted by molar-refractivity contribution is -0.114. The third kappa shape index (κ3) is 1.96. The first-order chi connectivity index (χ1) is 11.5. The minimum absolute atomic E-state index is 0.114. The Morgan fingerprint density at radius 3 is 2.88 bits per heavy atom. The molecular weight excluding hydrogens is 304 g/mol. The predicted molar refractivity (Wildman–Crippen MR) is 91.4 cm³/mol. The van der Waals surface area contributed by atoms with Crippen LogP contribution in [0, 0.1) is 0 Å². The molecule has 6 heteroatoms. The van der Waals surface area contributed by atoms with Gasteiger partial charge in [0.2, 0.25) is 5.91 Å². The van der Waals surface area contributed by atoms with Crippen LogP contribution in [-0.4, -0.2) is 28.1 Å². The first-order valence-electron chi connectivity index (χ1n) is 7.75. The third-order valence-electron chi connectivity index (χ3n) is 4.51. The quantitative estimate of drug-likeness (QED) is 0.761. The summed E-state index contributed by atoms with van der Waals surface area (Å²) < 4.78 is 0. The van der Waals surface area contributed by atoms with Crippen molar-refractivity contribution in [1.82, 2.24) is 10.2 Å². The number of aliphatic imine (C=N–C) groups is 1. The van der Waals surface area contributed by atoms with Crippen LogP contribution in [0.25, 0.3) is 11.3 Å². The van der Waals surface area contributed by atoms with Crippen LogP contribution in [-0.2, 0) is 10.2 Å². The molecule has 1 aliphatic carbocycles. The summed E-state index contributed by atoms with van der Waals surface area (Å²) in [6.45, 7) is 3.45. The maximum atomic E-state index is 13.1. The molecule has 120 valence electrons. The molecule has 0 bridgehead atoms. The molecule has 2 aromatic rings. The van der Waals surface area contributed by atoms with Gasteiger partial charge in [-0.05, 0) is 19.4 Å². The van der Waals surface area contributed by atoms with Crippen molar-refractivity contribution in [1.29, 1.82) is 0 Å². The number of fused-ring (bicyclic) bond motifs is 3. The van der Waals surface area contributed by atoms with E-state index in [0.717, 1.165) is 17.7 Å². The number of nitrogens with one attached hydrogen (secondary N) is 2. The molecule has 4 rings (SSSR count). The number of ketones is 1. The van der Waals surface area contributed by atoms with Crippen LogP contribution in [0.5, 0.6) is 0 Å². The van der Waals surface area contributed by atoms with E-state index in [2.05, 4.69) is 20.5 Å². The maximum Gasteiger partial charge on any atom is 0.221 e. The third-order valence-corrected chi connectivity index (χ3v) is 4.51. The molecule has 1 aliphatic heterocycles. The van der Waals surface area contributed by atoms with Gasteiger partial charge in [-0.1, -0.05) is 18.2 Å². The van der Waals surface area contributed by atoms with E-state index in [-0.39, 0.29) is 11.7 Å². The van der Waals surface area contributed by atoms with Crippen LogP contribution in [0.4, 0.5) is 5.69 Å². The average Bonchev–Trinajstić information content (AvgIpc) is 3.09. The summed E-state index contributed by atoms with van der Waals surface area (Å²) >= 11 is 0. The summed E-state index contributed by atoms with van der Waals surface area (Å²) in [4.78, 5) is 28.7. The lowest BCUT2D eigenvalue weighted by Gasteiger charge is -2.24. The lowest BCUT2D eigenvalue weighted by Crippen LogP contribution is -2.27. The molecule has 2 N–H and O–H groups in total. The first kappa shape index (κ1) is 14.6. The second-order valence-corrected chi connectivity index (χ2v) is 6.35. The molecule has 1 amide bonds. The van der Waals surface area contributed by atoms with E-state index in [9.17, 15) is 9.59 Å². The zero-order chi connectivity index (χ0) is 16.9. The van der Waals surface area contributed by atoms with Gasteiger partial charge in [0, 0.05) is 30.3 Å². The van der Waals surface area contributed by atoms with Gasteiger partial charge < -0.3 is 5.32 Å². The van der Waals surface area contributed by atoms with E-state index in [0.29, 0.717) is 22.5 Å². The van der Waals surface area contributed by atoms with Crippen molar-refractivity contribution < 1.29 is 9.59 Å². The SMILES string of the molecule is CC(=O)Nc1cccc2c1C(=O)c1c-2n[nH]c1C1(C)C=NC=CC1. The maximum absolute atomic E-state index is 13.1. The number of aromatic amines is 1. The van der Waals surface area contributed by atoms with Crippen molar-refractivity contribution in [3.8, 4) is 11.3 Å². The van der Waals surface area contributed by atoms with Crippen LogP contribution >= 0.6 is 0 Å². The number of carbonyl (C=O) groups excluding carboxylic acids is 2. The summed E-state index contributed by atoms with van der Waals surface area (Å²) in [5.41, 5.74) is 3.36. The summed E-state index contributed by atoms with van der Waals surface area (Å²) in [6, 6.07) is 5.40. The molecular formula is C18H16N4O2. The van der Waals surface area contributed by atoms with Gasteiger partial charge in [0.1, 0.15) is 5.69 Å². The number of nitrogens with zero attached hydrogens (tertiary/aromatic N) is 2. The fraction of sp³-hybridized carbons (Fsp3) is 0.222. The van der Waals surface area contributed by atoms with E-state index in [1.54, 1.807) is 12.3 Å². The molecule has 1 aromatic heterocycles. The second-order valence-electron chi connectivity index (χ2n) is 6.35. The Balaban J connectivity index is 1.87. The van der Waals surface area contributed by atoms with E-state index < -0.39 is 5.41 Å². The molecule has 6 nitrogen and oxygen atoms in total. The van der Waals surface area contributed by atoms with Crippen molar-refractivity contribution in [2.24, 2.45) is 4.99 Å². The van der Waals surface area contributed by atoms with Gasteiger partial charge in [0.15, 0.2) is 5.78 Å². The van der Waals surface area contributed by atoms with Gasteiger partial charge >= 0.3 is 0 Å². The number of H-pyrrole nitrogens is 1. The molecule has 0 radical (unpaired) electrons. The van der Waals surface area contributed by atoms with Crippen LogP contribution < -0.4 is 5.32 Å².